The lowest BCUT2D eigenvalue weighted by molar-refractivity contribution is -0.139. The van der Waals surface area contributed by atoms with Crippen molar-refractivity contribution in [3.63, 3.8) is 0 Å². The molecule has 0 amide bonds. The van der Waals surface area contributed by atoms with Gasteiger partial charge in [-0.2, -0.15) is 0 Å². The molecule has 0 aliphatic carbocycles. The topological polar surface area (TPSA) is 78.5 Å². The highest BCUT2D eigenvalue weighted by Gasteiger charge is 2.07. The lowest BCUT2D eigenvalue weighted by Gasteiger charge is -2.03. The Labute approximate surface area is 113 Å². The Morgan fingerprint density at radius 3 is 2.80 bits per heavy atom. The number of ether oxygens (including phenoxy) is 1. The molecule has 0 aliphatic heterocycles. The zero-order chi connectivity index (χ0) is 14.5. The van der Waals surface area contributed by atoms with Crippen LogP contribution in [0.5, 0.6) is 0 Å². The molecule has 1 aromatic heterocycles. The summed E-state index contributed by atoms with van der Waals surface area (Å²) in [5.74, 6) is 4.09. The number of nitrogens with zero attached hydrogens (tertiary/aromatic N) is 1. The van der Waals surface area contributed by atoms with Crippen molar-refractivity contribution in [3.05, 3.63) is 45.2 Å². The van der Waals surface area contributed by atoms with Gasteiger partial charge in [-0.05, 0) is 12.1 Å². The summed E-state index contributed by atoms with van der Waals surface area (Å²) in [6.45, 7) is 1.29. The fourth-order valence-corrected chi connectivity index (χ4v) is 1.64. The molecule has 1 heterocycles. The van der Waals surface area contributed by atoms with E-state index in [1.165, 1.54) is 11.5 Å². The van der Waals surface area contributed by atoms with Gasteiger partial charge in [0.15, 0.2) is 6.61 Å². The normalized spacial score (nSPS) is 9.85. The van der Waals surface area contributed by atoms with Crippen molar-refractivity contribution in [1.82, 2.24) is 4.57 Å². The maximum Gasteiger partial charge on any atom is 0.423 e. The van der Waals surface area contributed by atoms with Crippen LogP contribution in [-0.4, -0.2) is 17.1 Å². The summed E-state index contributed by atoms with van der Waals surface area (Å²) in [6.07, 6.45) is 0. The SMILES string of the molecule is CC(=O)OCC#CCn1c(=O)oc(=O)c2ccccc21. The van der Waals surface area contributed by atoms with Gasteiger partial charge < -0.3 is 9.15 Å². The molecule has 2 aromatic rings. The van der Waals surface area contributed by atoms with E-state index in [0.717, 1.165) is 0 Å². The van der Waals surface area contributed by atoms with Crippen molar-refractivity contribution >= 4 is 16.9 Å². The van der Waals surface area contributed by atoms with Crippen LogP contribution in [0.1, 0.15) is 6.92 Å². The summed E-state index contributed by atoms with van der Waals surface area (Å²) < 4.78 is 10.5. The lowest BCUT2D eigenvalue weighted by Crippen LogP contribution is -2.24. The van der Waals surface area contributed by atoms with Gasteiger partial charge in [-0.25, -0.2) is 9.59 Å². The first kappa shape index (κ1) is 13.6. The number of hydrogen-bond donors (Lipinski definition) is 0. The molecule has 6 heteroatoms. The Balaban J connectivity index is 2.33. The van der Waals surface area contributed by atoms with E-state index < -0.39 is 17.4 Å². The van der Waals surface area contributed by atoms with Crippen LogP contribution in [-0.2, 0) is 16.1 Å². The van der Waals surface area contributed by atoms with E-state index >= 15 is 0 Å². The van der Waals surface area contributed by atoms with Crippen molar-refractivity contribution < 1.29 is 13.9 Å². The van der Waals surface area contributed by atoms with Crippen molar-refractivity contribution in [1.29, 1.82) is 0 Å². The van der Waals surface area contributed by atoms with Crippen LogP contribution in [0.15, 0.2) is 38.3 Å². The minimum Gasteiger partial charge on any atom is -0.453 e. The van der Waals surface area contributed by atoms with Crippen molar-refractivity contribution in [2.24, 2.45) is 0 Å². The number of rotatable bonds is 2. The van der Waals surface area contributed by atoms with E-state index in [1.54, 1.807) is 24.3 Å². The number of carbonyl (C=O) groups is 1. The summed E-state index contributed by atoms with van der Waals surface area (Å²) in [5.41, 5.74) is -0.217. The molecule has 0 aliphatic rings. The molecular weight excluding hydrogens is 262 g/mol. The third-order valence-electron chi connectivity index (χ3n) is 2.52. The maximum atomic E-state index is 11.7. The van der Waals surface area contributed by atoms with Crippen LogP contribution in [0.25, 0.3) is 10.9 Å². The highest BCUT2D eigenvalue weighted by atomic mass is 16.5. The molecule has 0 saturated carbocycles. The monoisotopic (exact) mass is 273 g/mol. The molecule has 102 valence electrons. The number of aromatic nitrogens is 1. The second-order valence-electron chi connectivity index (χ2n) is 3.89. The van der Waals surface area contributed by atoms with Crippen LogP contribution in [0.2, 0.25) is 0 Å². The minimum absolute atomic E-state index is 0.0429. The molecule has 0 fully saturated rings. The van der Waals surface area contributed by atoms with Crippen molar-refractivity contribution in [2.75, 3.05) is 6.61 Å². The number of fused-ring (bicyclic) bond motifs is 1. The van der Waals surface area contributed by atoms with Gasteiger partial charge in [0.25, 0.3) is 0 Å². The van der Waals surface area contributed by atoms with Gasteiger partial charge in [-0.15, -0.1) is 0 Å². The van der Waals surface area contributed by atoms with Crippen molar-refractivity contribution in [3.8, 4) is 11.8 Å². The van der Waals surface area contributed by atoms with E-state index in [4.69, 9.17) is 0 Å². The Morgan fingerprint density at radius 2 is 2.05 bits per heavy atom. The molecular formula is C14H11NO5. The molecule has 0 N–H and O–H groups in total. The first-order valence-electron chi connectivity index (χ1n) is 5.81. The average molecular weight is 273 g/mol. The van der Waals surface area contributed by atoms with Gasteiger partial charge in [0.1, 0.15) is 0 Å². The smallest absolute Gasteiger partial charge is 0.423 e. The van der Waals surface area contributed by atoms with Gasteiger partial charge in [0.2, 0.25) is 0 Å². The third kappa shape index (κ3) is 2.95. The summed E-state index contributed by atoms with van der Waals surface area (Å²) >= 11 is 0. The summed E-state index contributed by atoms with van der Waals surface area (Å²) in [7, 11) is 0. The van der Waals surface area contributed by atoms with Gasteiger partial charge in [0.05, 0.1) is 17.4 Å². The molecule has 0 spiro atoms. The predicted molar refractivity (Wildman–Crippen MR) is 71.2 cm³/mol. The fourth-order valence-electron chi connectivity index (χ4n) is 1.64. The van der Waals surface area contributed by atoms with Crippen LogP contribution in [0, 0.1) is 11.8 Å². The fraction of sp³-hybridized carbons (Fsp3) is 0.214. The first-order chi connectivity index (χ1) is 9.59. The lowest BCUT2D eigenvalue weighted by atomic mass is 10.2. The largest absolute Gasteiger partial charge is 0.453 e. The van der Waals surface area contributed by atoms with E-state index in [9.17, 15) is 14.4 Å². The van der Waals surface area contributed by atoms with Crippen LogP contribution < -0.4 is 11.4 Å². The van der Waals surface area contributed by atoms with E-state index in [1.807, 2.05) is 0 Å². The standard InChI is InChI=1S/C14H11NO5/c1-10(16)19-9-5-4-8-15-12-7-3-2-6-11(12)13(17)20-14(15)18/h2-3,6-7H,8-9H2,1H3. The molecule has 2 rings (SSSR count). The third-order valence-corrected chi connectivity index (χ3v) is 2.52. The maximum absolute atomic E-state index is 11.7. The molecule has 20 heavy (non-hydrogen) atoms. The second kappa shape index (κ2) is 5.89. The number of carbonyl (C=O) groups excluding carboxylic acids is 1. The highest BCUT2D eigenvalue weighted by Crippen LogP contribution is 2.06. The number of para-hydroxylation sites is 1. The second-order valence-corrected chi connectivity index (χ2v) is 3.89. The molecule has 1 aromatic carbocycles. The molecule has 6 nitrogen and oxygen atoms in total. The Hall–Kier alpha value is -2.81. The number of benzene rings is 1. The average Bonchev–Trinajstić information content (AvgIpc) is 2.41. The highest BCUT2D eigenvalue weighted by molar-refractivity contribution is 5.77. The Kier molecular flexibility index (Phi) is 4.01. The quantitative estimate of drug-likeness (QED) is 0.589. The molecule has 0 atom stereocenters. The number of hydrogen-bond acceptors (Lipinski definition) is 5. The summed E-state index contributed by atoms with van der Waals surface area (Å²) in [5, 5.41) is 0.314. The van der Waals surface area contributed by atoms with E-state index in [2.05, 4.69) is 21.0 Å². The Morgan fingerprint density at radius 1 is 1.30 bits per heavy atom. The summed E-state index contributed by atoms with van der Waals surface area (Å²) in [6, 6.07) is 6.61. The molecule has 0 saturated heterocycles. The zero-order valence-electron chi connectivity index (χ0n) is 10.7. The van der Waals surface area contributed by atoms with E-state index in [-0.39, 0.29) is 13.2 Å². The molecule has 0 unspecified atom stereocenters. The number of esters is 1. The zero-order valence-corrected chi connectivity index (χ0v) is 10.7. The summed E-state index contributed by atoms with van der Waals surface area (Å²) in [4.78, 5) is 33.7. The van der Waals surface area contributed by atoms with E-state index in [0.29, 0.717) is 10.9 Å². The minimum atomic E-state index is -0.768. The van der Waals surface area contributed by atoms with Gasteiger partial charge in [0, 0.05) is 6.92 Å². The molecule has 0 radical (unpaired) electrons. The van der Waals surface area contributed by atoms with Gasteiger partial charge in [-0.3, -0.25) is 9.36 Å². The first-order valence-corrected chi connectivity index (χ1v) is 5.81. The van der Waals surface area contributed by atoms with Crippen LogP contribution in [0.4, 0.5) is 0 Å². The Bertz CT molecular complexity index is 819. The van der Waals surface area contributed by atoms with Crippen LogP contribution >= 0.6 is 0 Å². The van der Waals surface area contributed by atoms with Gasteiger partial charge in [-0.1, -0.05) is 24.0 Å². The van der Waals surface area contributed by atoms with Gasteiger partial charge >= 0.3 is 17.4 Å². The van der Waals surface area contributed by atoms with Crippen LogP contribution in [0.3, 0.4) is 0 Å². The predicted octanol–water partition coefficient (Wildman–Crippen LogP) is 0.521. The molecule has 0 bridgehead atoms. The van der Waals surface area contributed by atoms with Crippen molar-refractivity contribution in [2.45, 2.75) is 13.5 Å².